The molecule has 0 saturated carbocycles. The normalized spacial score (nSPS) is 10.4. The van der Waals surface area contributed by atoms with Gasteiger partial charge in [0.15, 0.2) is 17.3 Å². The van der Waals surface area contributed by atoms with Gasteiger partial charge >= 0.3 is 0 Å². The van der Waals surface area contributed by atoms with E-state index in [-0.39, 0.29) is 18.3 Å². The van der Waals surface area contributed by atoms with E-state index in [4.69, 9.17) is 25.5 Å². The van der Waals surface area contributed by atoms with Gasteiger partial charge in [0.05, 0.1) is 7.11 Å². The Kier molecular flexibility index (Phi) is 5.49. The van der Waals surface area contributed by atoms with E-state index in [1.165, 1.54) is 0 Å². The van der Waals surface area contributed by atoms with Crippen LogP contribution in [0.15, 0.2) is 59.0 Å². The Morgan fingerprint density at radius 1 is 1.12 bits per heavy atom. The number of furan rings is 1. The summed E-state index contributed by atoms with van der Waals surface area (Å²) in [4.78, 5) is 12.4. The van der Waals surface area contributed by atoms with Crippen molar-refractivity contribution in [2.45, 2.75) is 13.5 Å². The van der Waals surface area contributed by atoms with E-state index >= 15 is 0 Å². The van der Waals surface area contributed by atoms with Gasteiger partial charge in [-0.05, 0) is 48.9 Å². The molecule has 0 atom stereocenters. The molecular weight excluding hydrogens is 354 g/mol. The van der Waals surface area contributed by atoms with Gasteiger partial charge in [0, 0.05) is 10.7 Å². The van der Waals surface area contributed by atoms with Gasteiger partial charge in [0.1, 0.15) is 12.4 Å². The fourth-order valence-electron chi connectivity index (χ4n) is 2.38. The first-order valence-corrected chi connectivity index (χ1v) is 8.36. The van der Waals surface area contributed by atoms with Crippen LogP contribution in [-0.2, 0) is 6.61 Å². The number of carbonyl (C=O) groups excluding carboxylic acids is 1. The largest absolute Gasteiger partial charge is 0.493 e. The van der Waals surface area contributed by atoms with Crippen molar-refractivity contribution < 1.29 is 18.7 Å². The predicted octanol–water partition coefficient (Wildman–Crippen LogP) is 5.08. The SMILES string of the molecule is COc1ccccc1OCc1ccc(C(=O)Nc2cc(Cl)ccc2C)o1. The number of ether oxygens (including phenoxy) is 2. The molecule has 3 aromatic rings. The van der Waals surface area contributed by atoms with Gasteiger partial charge in [-0.3, -0.25) is 4.79 Å². The van der Waals surface area contributed by atoms with Gasteiger partial charge in [-0.1, -0.05) is 29.8 Å². The quantitative estimate of drug-likeness (QED) is 0.656. The van der Waals surface area contributed by atoms with Crippen molar-refractivity contribution in [3.8, 4) is 11.5 Å². The van der Waals surface area contributed by atoms with Gasteiger partial charge in [-0.15, -0.1) is 0 Å². The zero-order valence-electron chi connectivity index (χ0n) is 14.4. The summed E-state index contributed by atoms with van der Waals surface area (Å²) in [6, 6.07) is 15.9. The number of carbonyl (C=O) groups is 1. The second-order valence-corrected chi connectivity index (χ2v) is 6.06. The molecule has 0 radical (unpaired) electrons. The fraction of sp³-hybridized carbons (Fsp3) is 0.150. The van der Waals surface area contributed by atoms with Crippen molar-refractivity contribution in [2.75, 3.05) is 12.4 Å². The Labute approximate surface area is 156 Å². The number of rotatable bonds is 6. The van der Waals surface area contributed by atoms with E-state index in [1.54, 1.807) is 37.4 Å². The Bertz CT molecular complexity index is 920. The summed E-state index contributed by atoms with van der Waals surface area (Å²) < 4.78 is 16.5. The maximum absolute atomic E-state index is 12.4. The molecule has 0 bridgehead atoms. The highest BCUT2D eigenvalue weighted by atomic mass is 35.5. The zero-order chi connectivity index (χ0) is 18.5. The topological polar surface area (TPSA) is 60.7 Å². The molecule has 0 spiro atoms. The van der Waals surface area contributed by atoms with E-state index in [2.05, 4.69) is 5.32 Å². The van der Waals surface area contributed by atoms with Crippen molar-refractivity contribution in [2.24, 2.45) is 0 Å². The number of anilines is 1. The van der Waals surface area contributed by atoms with Crippen LogP contribution in [0, 0.1) is 6.92 Å². The molecule has 26 heavy (non-hydrogen) atoms. The molecule has 0 aliphatic heterocycles. The lowest BCUT2D eigenvalue weighted by Crippen LogP contribution is -2.11. The van der Waals surface area contributed by atoms with Gasteiger partial charge in [0.2, 0.25) is 0 Å². The Balaban J connectivity index is 1.65. The molecule has 0 saturated heterocycles. The number of benzene rings is 2. The Morgan fingerprint density at radius 2 is 1.88 bits per heavy atom. The highest BCUT2D eigenvalue weighted by Gasteiger charge is 2.13. The number of nitrogens with one attached hydrogen (secondary N) is 1. The van der Waals surface area contributed by atoms with Crippen LogP contribution in [0.3, 0.4) is 0 Å². The molecule has 1 amide bonds. The average Bonchev–Trinajstić information content (AvgIpc) is 3.12. The van der Waals surface area contributed by atoms with E-state index in [1.807, 2.05) is 31.2 Å². The van der Waals surface area contributed by atoms with E-state index in [0.717, 1.165) is 5.56 Å². The Hall–Kier alpha value is -2.92. The zero-order valence-corrected chi connectivity index (χ0v) is 15.2. The number of methoxy groups -OCH3 is 1. The second-order valence-electron chi connectivity index (χ2n) is 5.62. The summed E-state index contributed by atoms with van der Waals surface area (Å²) in [5.74, 6) is 1.62. The summed E-state index contributed by atoms with van der Waals surface area (Å²) in [5, 5.41) is 3.35. The van der Waals surface area contributed by atoms with Gasteiger partial charge in [-0.25, -0.2) is 0 Å². The van der Waals surface area contributed by atoms with Crippen molar-refractivity contribution in [1.82, 2.24) is 0 Å². The molecule has 2 aromatic carbocycles. The molecule has 6 heteroatoms. The third-order valence-electron chi connectivity index (χ3n) is 3.77. The smallest absolute Gasteiger partial charge is 0.291 e. The molecule has 1 N–H and O–H groups in total. The minimum atomic E-state index is -0.348. The average molecular weight is 372 g/mol. The summed E-state index contributed by atoms with van der Waals surface area (Å²) in [7, 11) is 1.58. The predicted molar refractivity (Wildman–Crippen MR) is 100 cm³/mol. The number of para-hydroxylation sites is 2. The lowest BCUT2D eigenvalue weighted by Gasteiger charge is -2.09. The first kappa shape index (κ1) is 17.9. The van der Waals surface area contributed by atoms with Crippen molar-refractivity contribution in [3.63, 3.8) is 0 Å². The highest BCUT2D eigenvalue weighted by molar-refractivity contribution is 6.31. The molecule has 0 aliphatic carbocycles. The number of hydrogen-bond acceptors (Lipinski definition) is 4. The first-order valence-electron chi connectivity index (χ1n) is 7.99. The lowest BCUT2D eigenvalue weighted by atomic mass is 10.2. The summed E-state index contributed by atoms with van der Waals surface area (Å²) in [6.45, 7) is 2.07. The summed E-state index contributed by atoms with van der Waals surface area (Å²) in [6.07, 6.45) is 0. The highest BCUT2D eigenvalue weighted by Crippen LogP contribution is 2.27. The molecule has 3 rings (SSSR count). The molecule has 0 aliphatic rings. The van der Waals surface area contributed by atoms with Crippen LogP contribution in [0.1, 0.15) is 21.9 Å². The fourth-order valence-corrected chi connectivity index (χ4v) is 2.55. The second kappa shape index (κ2) is 7.97. The van der Waals surface area contributed by atoms with Gasteiger partial charge in [-0.2, -0.15) is 0 Å². The van der Waals surface area contributed by atoms with Crippen molar-refractivity contribution in [3.05, 3.63) is 76.7 Å². The van der Waals surface area contributed by atoms with Gasteiger partial charge in [0.25, 0.3) is 5.91 Å². The van der Waals surface area contributed by atoms with E-state index < -0.39 is 0 Å². The summed E-state index contributed by atoms with van der Waals surface area (Å²) in [5.41, 5.74) is 1.56. The number of aryl methyl sites for hydroxylation is 1. The number of hydrogen-bond donors (Lipinski definition) is 1. The number of halogens is 1. The van der Waals surface area contributed by atoms with E-state index in [9.17, 15) is 4.79 Å². The van der Waals surface area contributed by atoms with Crippen LogP contribution in [0.2, 0.25) is 5.02 Å². The maximum Gasteiger partial charge on any atom is 0.291 e. The molecule has 1 aromatic heterocycles. The van der Waals surface area contributed by atoms with Crippen LogP contribution in [0.25, 0.3) is 0 Å². The minimum Gasteiger partial charge on any atom is -0.493 e. The molecular formula is C20H18ClNO4. The molecule has 0 unspecified atom stereocenters. The molecule has 1 heterocycles. The van der Waals surface area contributed by atoms with Crippen molar-refractivity contribution >= 4 is 23.2 Å². The van der Waals surface area contributed by atoms with Gasteiger partial charge < -0.3 is 19.2 Å². The van der Waals surface area contributed by atoms with Crippen molar-refractivity contribution in [1.29, 1.82) is 0 Å². The number of amides is 1. The third-order valence-corrected chi connectivity index (χ3v) is 4.01. The first-order chi connectivity index (χ1) is 12.6. The summed E-state index contributed by atoms with van der Waals surface area (Å²) >= 11 is 5.97. The van der Waals surface area contributed by atoms with Crippen LogP contribution in [0.5, 0.6) is 11.5 Å². The Morgan fingerprint density at radius 3 is 2.65 bits per heavy atom. The molecule has 0 fully saturated rings. The monoisotopic (exact) mass is 371 g/mol. The molecule has 5 nitrogen and oxygen atoms in total. The van der Waals surface area contributed by atoms with E-state index in [0.29, 0.717) is 28.0 Å². The van der Waals surface area contributed by atoms with Crippen LogP contribution >= 0.6 is 11.6 Å². The lowest BCUT2D eigenvalue weighted by molar-refractivity contribution is 0.0992. The minimum absolute atomic E-state index is 0.184. The third kappa shape index (κ3) is 4.18. The van der Waals surface area contributed by atoms with Crippen LogP contribution < -0.4 is 14.8 Å². The van der Waals surface area contributed by atoms with Crippen LogP contribution in [-0.4, -0.2) is 13.0 Å². The maximum atomic E-state index is 12.4. The van der Waals surface area contributed by atoms with Crippen LogP contribution in [0.4, 0.5) is 5.69 Å². The molecule has 134 valence electrons. The standard InChI is InChI=1S/C20H18ClNO4/c1-13-7-8-14(21)11-16(13)22-20(23)19-10-9-15(26-19)12-25-18-6-4-3-5-17(18)24-2/h3-11H,12H2,1-2H3,(H,22,23).